The van der Waals surface area contributed by atoms with Crippen LogP contribution in [0.4, 0.5) is 27.6 Å². The minimum atomic E-state index is -4.64. The number of alkyl halides is 5. The number of amidine groups is 1. The lowest BCUT2D eigenvalue weighted by atomic mass is 10.0. The van der Waals surface area contributed by atoms with Crippen molar-refractivity contribution >= 4 is 23.6 Å². The Morgan fingerprint density at radius 1 is 1.11 bits per heavy atom. The second kappa shape index (κ2) is 11.2. The van der Waals surface area contributed by atoms with Gasteiger partial charge in [0.1, 0.15) is 0 Å². The number of carbonyl (C=O) groups is 1. The van der Waals surface area contributed by atoms with Crippen molar-refractivity contribution < 1.29 is 31.5 Å². The van der Waals surface area contributed by atoms with Gasteiger partial charge in [0.25, 0.3) is 17.9 Å². The van der Waals surface area contributed by atoms with Gasteiger partial charge in [0.15, 0.2) is 6.61 Å². The number of hydrogen-bond acceptors (Lipinski definition) is 3. The summed E-state index contributed by atoms with van der Waals surface area (Å²) in [5, 5.41) is 2.69. The standard InChI is InChI=1S/C23H26F5N5O2/c1-14(15-7-5-8-16(11-15)19(34)33(3)4)30-21(32-20(29)35-13-23(26,27)28)31-18-10-6-9-17(12-18)22(2,24)25/h5-12,14H,13H2,1-4H3,(H3,29,30,31,32). The molecule has 1 unspecified atom stereocenters. The van der Waals surface area contributed by atoms with Crippen molar-refractivity contribution in [3.05, 3.63) is 65.2 Å². The van der Waals surface area contributed by atoms with Crippen LogP contribution in [-0.2, 0) is 10.7 Å². The van der Waals surface area contributed by atoms with Gasteiger partial charge in [-0.15, -0.1) is 0 Å². The Morgan fingerprint density at radius 3 is 2.37 bits per heavy atom. The van der Waals surface area contributed by atoms with Crippen LogP contribution >= 0.6 is 0 Å². The third kappa shape index (κ3) is 8.87. The molecule has 2 aromatic rings. The zero-order valence-electron chi connectivity index (χ0n) is 19.5. The molecule has 2 aromatic carbocycles. The first-order valence-electron chi connectivity index (χ1n) is 10.3. The van der Waals surface area contributed by atoms with Crippen molar-refractivity contribution in [3.8, 4) is 0 Å². The van der Waals surface area contributed by atoms with E-state index in [1.54, 1.807) is 45.3 Å². The fourth-order valence-corrected chi connectivity index (χ4v) is 2.83. The molecule has 0 aliphatic carbocycles. The fourth-order valence-electron chi connectivity index (χ4n) is 2.83. The van der Waals surface area contributed by atoms with Crippen LogP contribution in [0.1, 0.15) is 41.4 Å². The molecule has 35 heavy (non-hydrogen) atoms. The molecule has 0 heterocycles. The van der Waals surface area contributed by atoms with E-state index in [-0.39, 0.29) is 23.1 Å². The summed E-state index contributed by atoms with van der Waals surface area (Å²) in [7, 11) is 3.20. The molecule has 2 rings (SSSR count). The summed E-state index contributed by atoms with van der Waals surface area (Å²) in [6.07, 6.45) is -4.64. The highest BCUT2D eigenvalue weighted by Crippen LogP contribution is 2.29. The summed E-state index contributed by atoms with van der Waals surface area (Å²) in [6, 6.07) is 10.3. The number of nitrogens with two attached hydrogens (primary N) is 1. The molecule has 0 fully saturated rings. The van der Waals surface area contributed by atoms with E-state index >= 15 is 0 Å². The number of halogens is 5. The first kappa shape index (κ1) is 27.5. The van der Waals surface area contributed by atoms with Crippen LogP contribution in [0.15, 0.2) is 58.5 Å². The molecule has 1 atom stereocenters. The van der Waals surface area contributed by atoms with E-state index in [0.29, 0.717) is 11.1 Å². The zero-order chi connectivity index (χ0) is 26.4. The first-order chi connectivity index (χ1) is 16.2. The summed E-state index contributed by atoms with van der Waals surface area (Å²) < 4.78 is 69.3. The van der Waals surface area contributed by atoms with Crippen molar-refractivity contribution in [2.75, 3.05) is 26.0 Å². The van der Waals surface area contributed by atoms with Crippen LogP contribution in [0.25, 0.3) is 0 Å². The summed E-state index contributed by atoms with van der Waals surface area (Å²) in [4.78, 5) is 21.8. The Balaban J connectivity index is 2.41. The number of aliphatic imine (C=N–C) groups is 2. The molecule has 7 nitrogen and oxygen atoms in total. The van der Waals surface area contributed by atoms with Crippen molar-refractivity contribution in [2.45, 2.75) is 32.0 Å². The van der Waals surface area contributed by atoms with E-state index in [1.807, 2.05) is 0 Å². The Morgan fingerprint density at radius 2 is 1.77 bits per heavy atom. The second-order valence-corrected chi connectivity index (χ2v) is 7.90. The normalized spacial score (nSPS) is 13.9. The molecule has 0 saturated carbocycles. The van der Waals surface area contributed by atoms with E-state index in [9.17, 15) is 26.7 Å². The van der Waals surface area contributed by atoms with Crippen LogP contribution in [0.5, 0.6) is 0 Å². The Bertz CT molecular complexity index is 1090. The highest BCUT2D eigenvalue weighted by atomic mass is 19.4. The number of nitrogens with zero attached hydrogens (tertiary/aromatic N) is 3. The number of ether oxygens (including phenoxy) is 1. The molecule has 0 bridgehead atoms. The molecule has 0 aromatic heterocycles. The van der Waals surface area contributed by atoms with E-state index in [2.05, 4.69) is 20.0 Å². The maximum absolute atomic E-state index is 13.7. The Kier molecular flexibility index (Phi) is 8.77. The largest absolute Gasteiger partial charge is 0.455 e. The number of nitrogens with one attached hydrogen (secondary N) is 1. The number of hydrogen-bond donors (Lipinski definition) is 2. The van der Waals surface area contributed by atoms with Crippen molar-refractivity contribution in [1.29, 1.82) is 0 Å². The minimum absolute atomic E-state index is 0.152. The van der Waals surface area contributed by atoms with Gasteiger partial charge in [-0.25, -0.2) is 13.8 Å². The van der Waals surface area contributed by atoms with Gasteiger partial charge in [0.2, 0.25) is 5.96 Å². The molecular weight excluding hydrogens is 473 g/mol. The molecule has 1 amide bonds. The molecule has 190 valence electrons. The predicted octanol–water partition coefficient (Wildman–Crippen LogP) is 4.92. The van der Waals surface area contributed by atoms with E-state index in [4.69, 9.17) is 5.73 Å². The van der Waals surface area contributed by atoms with E-state index < -0.39 is 30.8 Å². The Hall–Kier alpha value is -3.70. The van der Waals surface area contributed by atoms with E-state index in [1.165, 1.54) is 23.1 Å². The molecule has 0 saturated heterocycles. The molecule has 0 spiro atoms. The predicted molar refractivity (Wildman–Crippen MR) is 124 cm³/mol. The first-order valence-corrected chi connectivity index (χ1v) is 10.3. The third-order valence-electron chi connectivity index (χ3n) is 4.56. The van der Waals surface area contributed by atoms with Crippen molar-refractivity contribution in [2.24, 2.45) is 15.7 Å². The molecule has 0 radical (unpaired) electrons. The minimum Gasteiger partial charge on any atom is -0.455 e. The van der Waals surface area contributed by atoms with Crippen molar-refractivity contribution in [1.82, 2.24) is 4.90 Å². The number of benzene rings is 2. The number of amides is 1. The SMILES string of the molecule is CC(N=C(/N=C(\N)OCC(F)(F)F)Nc1cccc(C(C)(F)F)c1)c1cccc(C(=O)N(C)C)c1. The lowest BCUT2D eigenvalue weighted by molar-refractivity contribution is -0.156. The molecule has 0 aliphatic rings. The fraction of sp³-hybridized carbons (Fsp3) is 0.348. The number of rotatable bonds is 6. The second-order valence-electron chi connectivity index (χ2n) is 7.90. The number of anilines is 1. The van der Waals surface area contributed by atoms with E-state index in [0.717, 1.165) is 13.0 Å². The number of carbonyl (C=O) groups excluding carboxylic acids is 1. The summed E-state index contributed by atoms with van der Waals surface area (Å²) in [5.74, 6) is -3.64. The van der Waals surface area contributed by atoms with Gasteiger partial charge in [0, 0.05) is 37.8 Å². The maximum atomic E-state index is 13.7. The van der Waals surface area contributed by atoms with Crippen LogP contribution in [0.2, 0.25) is 0 Å². The third-order valence-corrected chi connectivity index (χ3v) is 4.56. The summed E-state index contributed by atoms with van der Waals surface area (Å²) >= 11 is 0. The summed E-state index contributed by atoms with van der Waals surface area (Å²) in [5.41, 5.74) is 6.33. The van der Waals surface area contributed by atoms with Gasteiger partial charge in [-0.3, -0.25) is 4.79 Å². The molecule has 0 aliphatic heterocycles. The smallest absolute Gasteiger partial charge is 0.422 e. The highest BCUT2D eigenvalue weighted by Gasteiger charge is 2.29. The molecule has 12 heteroatoms. The maximum Gasteiger partial charge on any atom is 0.422 e. The topological polar surface area (TPSA) is 92.3 Å². The average molecular weight is 499 g/mol. The number of guanidine groups is 1. The van der Waals surface area contributed by atoms with Gasteiger partial charge < -0.3 is 20.7 Å². The highest BCUT2D eigenvalue weighted by molar-refractivity contribution is 6.00. The van der Waals surface area contributed by atoms with Gasteiger partial charge in [0.05, 0.1) is 6.04 Å². The van der Waals surface area contributed by atoms with Crippen LogP contribution in [0.3, 0.4) is 0 Å². The van der Waals surface area contributed by atoms with Gasteiger partial charge in [-0.05, 0) is 36.8 Å². The Labute approximate surface area is 199 Å². The lowest BCUT2D eigenvalue weighted by Crippen LogP contribution is -2.27. The summed E-state index contributed by atoms with van der Waals surface area (Å²) in [6.45, 7) is 0.712. The van der Waals surface area contributed by atoms with Crippen LogP contribution in [0, 0.1) is 0 Å². The van der Waals surface area contributed by atoms with Gasteiger partial charge in [-0.1, -0.05) is 24.3 Å². The average Bonchev–Trinajstić information content (AvgIpc) is 2.76. The molecule has 3 N–H and O–H groups in total. The van der Waals surface area contributed by atoms with Gasteiger partial charge >= 0.3 is 6.18 Å². The van der Waals surface area contributed by atoms with Crippen LogP contribution in [-0.4, -0.2) is 49.7 Å². The van der Waals surface area contributed by atoms with Crippen molar-refractivity contribution in [3.63, 3.8) is 0 Å². The zero-order valence-corrected chi connectivity index (χ0v) is 19.5. The monoisotopic (exact) mass is 499 g/mol. The van der Waals surface area contributed by atoms with Gasteiger partial charge in [-0.2, -0.15) is 18.2 Å². The van der Waals surface area contributed by atoms with Crippen LogP contribution < -0.4 is 11.1 Å². The quantitative estimate of drug-likeness (QED) is 0.335. The lowest BCUT2D eigenvalue weighted by Gasteiger charge is -2.15. The molecular formula is C23H26F5N5O2.